The molecule has 0 aliphatic heterocycles. The molecular weight excluding hydrogens is 412 g/mol. The van der Waals surface area contributed by atoms with E-state index in [9.17, 15) is 14.4 Å². The molecular formula is C23H24N4O5. The second kappa shape index (κ2) is 10.8. The number of ether oxygens (including phenoxy) is 2. The lowest BCUT2D eigenvalue weighted by atomic mass is 10.1. The van der Waals surface area contributed by atoms with Gasteiger partial charge in [0.15, 0.2) is 0 Å². The first-order valence-corrected chi connectivity index (χ1v) is 9.87. The average molecular weight is 436 g/mol. The molecule has 2 N–H and O–H groups in total. The Bertz CT molecular complexity index is 1070. The Labute approximate surface area is 185 Å². The minimum atomic E-state index is -0.510. The Morgan fingerprint density at radius 3 is 2.38 bits per heavy atom. The van der Waals surface area contributed by atoms with Crippen LogP contribution in [0, 0.1) is 0 Å². The molecule has 9 heteroatoms. The lowest BCUT2D eigenvalue weighted by Crippen LogP contribution is -2.31. The summed E-state index contributed by atoms with van der Waals surface area (Å²) in [4.78, 5) is 39.6. The fraction of sp³-hybridized carbons (Fsp3) is 0.217. The molecule has 1 aromatic heterocycles. The van der Waals surface area contributed by atoms with Crippen molar-refractivity contribution in [3.05, 3.63) is 77.9 Å². The van der Waals surface area contributed by atoms with Crippen molar-refractivity contribution in [2.75, 3.05) is 19.0 Å². The summed E-state index contributed by atoms with van der Waals surface area (Å²) in [6.07, 6.45) is 3.67. The molecule has 9 nitrogen and oxygen atoms in total. The highest BCUT2D eigenvalue weighted by Crippen LogP contribution is 2.16. The molecule has 166 valence electrons. The molecule has 32 heavy (non-hydrogen) atoms. The van der Waals surface area contributed by atoms with Crippen molar-refractivity contribution in [1.82, 2.24) is 14.9 Å². The normalized spacial score (nSPS) is 10.3. The van der Waals surface area contributed by atoms with Gasteiger partial charge in [0, 0.05) is 30.7 Å². The van der Waals surface area contributed by atoms with Crippen LogP contribution in [0.2, 0.25) is 0 Å². The van der Waals surface area contributed by atoms with Crippen molar-refractivity contribution in [1.29, 1.82) is 0 Å². The maximum atomic E-state index is 12.5. The van der Waals surface area contributed by atoms with Gasteiger partial charge < -0.3 is 24.7 Å². The van der Waals surface area contributed by atoms with Gasteiger partial charge in [0.2, 0.25) is 5.91 Å². The Kier molecular flexibility index (Phi) is 7.58. The van der Waals surface area contributed by atoms with Gasteiger partial charge in [-0.3, -0.25) is 14.4 Å². The van der Waals surface area contributed by atoms with Crippen LogP contribution in [0.4, 0.5) is 5.69 Å². The van der Waals surface area contributed by atoms with Crippen LogP contribution < -0.4 is 15.4 Å². The predicted molar refractivity (Wildman–Crippen MR) is 117 cm³/mol. The lowest BCUT2D eigenvalue weighted by Gasteiger charge is -2.09. The number of nitrogens with zero attached hydrogens (tertiary/aromatic N) is 2. The molecule has 0 aliphatic rings. The third kappa shape index (κ3) is 6.43. The molecule has 2 aromatic carbocycles. The van der Waals surface area contributed by atoms with Crippen LogP contribution in [-0.2, 0) is 34.4 Å². The van der Waals surface area contributed by atoms with Crippen LogP contribution in [-0.4, -0.2) is 41.0 Å². The number of methoxy groups -OCH3 is 1. The Morgan fingerprint density at radius 2 is 1.75 bits per heavy atom. The van der Waals surface area contributed by atoms with Crippen molar-refractivity contribution in [3.8, 4) is 5.75 Å². The summed E-state index contributed by atoms with van der Waals surface area (Å²) in [5.41, 5.74) is 1.84. The summed E-state index contributed by atoms with van der Waals surface area (Å²) in [7, 11) is 3.15. The zero-order valence-electron chi connectivity index (χ0n) is 17.8. The SMILES string of the molecule is COC(=O)CNC(=O)Cc1ccc(NC(=O)c2ccc(OCc3nccn3C)cc2)cc1. The number of amides is 2. The van der Waals surface area contributed by atoms with E-state index in [-0.39, 0.29) is 24.8 Å². The molecule has 1 heterocycles. The number of hydrogen-bond acceptors (Lipinski definition) is 6. The van der Waals surface area contributed by atoms with Crippen molar-refractivity contribution < 1.29 is 23.9 Å². The maximum Gasteiger partial charge on any atom is 0.325 e. The standard InChI is InChI=1S/C23H24N4O5/c1-27-12-11-24-20(27)15-32-19-9-5-17(6-10-19)23(30)26-18-7-3-16(4-8-18)13-21(28)25-14-22(29)31-2/h3-12H,13-15H2,1-2H3,(H,25,28)(H,26,30). The monoisotopic (exact) mass is 436 g/mol. The van der Waals surface area contributed by atoms with Crippen LogP contribution in [0.25, 0.3) is 0 Å². The summed E-state index contributed by atoms with van der Waals surface area (Å²) in [6.45, 7) is 0.165. The van der Waals surface area contributed by atoms with E-state index in [1.165, 1.54) is 7.11 Å². The first-order valence-electron chi connectivity index (χ1n) is 9.87. The van der Waals surface area contributed by atoms with Gasteiger partial charge in [-0.05, 0) is 42.0 Å². The number of carbonyl (C=O) groups is 3. The average Bonchev–Trinajstić information content (AvgIpc) is 3.22. The fourth-order valence-electron chi connectivity index (χ4n) is 2.79. The molecule has 0 fully saturated rings. The number of imidazole rings is 1. The van der Waals surface area contributed by atoms with Crippen LogP contribution in [0.1, 0.15) is 21.7 Å². The van der Waals surface area contributed by atoms with Gasteiger partial charge in [-0.15, -0.1) is 0 Å². The topological polar surface area (TPSA) is 112 Å². The van der Waals surface area contributed by atoms with Crippen LogP contribution in [0.3, 0.4) is 0 Å². The summed E-state index contributed by atoms with van der Waals surface area (Å²) < 4.78 is 12.0. The number of anilines is 1. The fourth-order valence-corrected chi connectivity index (χ4v) is 2.79. The first-order chi connectivity index (χ1) is 15.4. The predicted octanol–water partition coefficient (Wildman–Crippen LogP) is 2.08. The number of aromatic nitrogens is 2. The summed E-state index contributed by atoms with van der Waals surface area (Å²) in [5.74, 6) is 0.376. The van der Waals surface area contributed by atoms with Crippen molar-refractivity contribution in [3.63, 3.8) is 0 Å². The molecule has 2 amide bonds. The van der Waals surface area contributed by atoms with E-state index in [0.29, 0.717) is 23.6 Å². The van der Waals surface area contributed by atoms with E-state index < -0.39 is 5.97 Å². The van der Waals surface area contributed by atoms with Gasteiger partial charge in [-0.1, -0.05) is 12.1 Å². The largest absolute Gasteiger partial charge is 0.486 e. The number of carbonyl (C=O) groups excluding carboxylic acids is 3. The molecule has 3 aromatic rings. The van der Waals surface area contributed by atoms with Crippen LogP contribution in [0.5, 0.6) is 5.75 Å². The van der Waals surface area contributed by atoms with Gasteiger partial charge in [0.25, 0.3) is 5.91 Å². The first kappa shape index (κ1) is 22.5. The zero-order chi connectivity index (χ0) is 22.9. The minimum absolute atomic E-state index is 0.116. The van der Waals surface area contributed by atoms with E-state index in [1.807, 2.05) is 17.8 Å². The molecule has 0 saturated carbocycles. The zero-order valence-corrected chi connectivity index (χ0v) is 17.8. The molecule has 3 rings (SSSR count). The molecule has 0 radical (unpaired) electrons. The summed E-state index contributed by atoms with van der Waals surface area (Å²) in [6, 6.07) is 13.7. The molecule has 0 unspecified atom stereocenters. The molecule has 0 bridgehead atoms. The lowest BCUT2D eigenvalue weighted by molar-refractivity contribution is -0.141. The highest BCUT2D eigenvalue weighted by atomic mass is 16.5. The third-order valence-corrected chi connectivity index (χ3v) is 4.64. The van der Waals surface area contributed by atoms with Gasteiger partial charge >= 0.3 is 5.97 Å². The molecule has 0 spiro atoms. The van der Waals surface area contributed by atoms with Crippen LogP contribution >= 0.6 is 0 Å². The van der Waals surface area contributed by atoms with E-state index in [1.54, 1.807) is 54.7 Å². The highest BCUT2D eigenvalue weighted by Gasteiger charge is 2.09. The van der Waals surface area contributed by atoms with E-state index in [4.69, 9.17) is 4.74 Å². The van der Waals surface area contributed by atoms with Crippen molar-refractivity contribution in [2.45, 2.75) is 13.0 Å². The van der Waals surface area contributed by atoms with E-state index in [2.05, 4.69) is 20.4 Å². The van der Waals surface area contributed by atoms with E-state index in [0.717, 1.165) is 11.4 Å². The Balaban J connectivity index is 1.49. The van der Waals surface area contributed by atoms with Crippen molar-refractivity contribution in [2.24, 2.45) is 7.05 Å². The smallest absolute Gasteiger partial charge is 0.325 e. The van der Waals surface area contributed by atoms with Gasteiger partial charge in [0.1, 0.15) is 24.7 Å². The summed E-state index contributed by atoms with van der Waals surface area (Å²) in [5, 5.41) is 5.29. The Morgan fingerprint density at radius 1 is 1.03 bits per heavy atom. The minimum Gasteiger partial charge on any atom is -0.486 e. The molecule has 0 saturated heterocycles. The second-order valence-corrected chi connectivity index (χ2v) is 6.95. The van der Waals surface area contributed by atoms with E-state index >= 15 is 0 Å². The van der Waals surface area contributed by atoms with Crippen LogP contribution in [0.15, 0.2) is 60.9 Å². The van der Waals surface area contributed by atoms with Gasteiger partial charge in [-0.2, -0.15) is 0 Å². The maximum absolute atomic E-state index is 12.5. The number of benzene rings is 2. The van der Waals surface area contributed by atoms with Crippen molar-refractivity contribution >= 4 is 23.5 Å². The number of nitrogens with one attached hydrogen (secondary N) is 2. The highest BCUT2D eigenvalue weighted by molar-refractivity contribution is 6.04. The Hall–Kier alpha value is -4.14. The molecule has 0 atom stereocenters. The number of rotatable bonds is 9. The number of esters is 1. The second-order valence-electron chi connectivity index (χ2n) is 6.95. The third-order valence-electron chi connectivity index (χ3n) is 4.64. The number of aryl methyl sites for hydroxylation is 1. The number of hydrogen-bond donors (Lipinski definition) is 2. The molecule has 0 aliphatic carbocycles. The van der Waals surface area contributed by atoms with Gasteiger partial charge in [0.05, 0.1) is 13.5 Å². The van der Waals surface area contributed by atoms with Gasteiger partial charge in [-0.25, -0.2) is 4.98 Å². The summed E-state index contributed by atoms with van der Waals surface area (Å²) >= 11 is 0. The quantitative estimate of drug-likeness (QED) is 0.497.